The summed E-state index contributed by atoms with van der Waals surface area (Å²) in [5.41, 5.74) is 0. The number of likely N-dealkylation sites (N-methyl/N-ethyl adjacent to an activating group) is 1. The van der Waals surface area contributed by atoms with E-state index in [4.69, 9.17) is 0 Å². The predicted octanol–water partition coefficient (Wildman–Crippen LogP) is 0.851. The number of anilines is 1. The Morgan fingerprint density at radius 1 is 1.52 bits per heavy atom. The van der Waals surface area contributed by atoms with Gasteiger partial charge in [0.25, 0.3) is 0 Å². The van der Waals surface area contributed by atoms with Crippen molar-refractivity contribution in [2.24, 2.45) is 5.92 Å². The Morgan fingerprint density at radius 2 is 2.35 bits per heavy atom. The molecule has 1 saturated heterocycles. The summed E-state index contributed by atoms with van der Waals surface area (Å²) in [5.74, 6) is 1.47. The third-order valence-corrected chi connectivity index (χ3v) is 4.44. The van der Waals surface area contributed by atoms with Crippen LogP contribution in [0.25, 0.3) is 0 Å². The molecule has 2 fully saturated rings. The van der Waals surface area contributed by atoms with E-state index in [0.717, 1.165) is 12.4 Å². The summed E-state index contributed by atoms with van der Waals surface area (Å²) >= 11 is 0. The first-order valence-electron chi connectivity index (χ1n) is 8.24. The first kappa shape index (κ1) is 16.1. The molecule has 1 amide bonds. The van der Waals surface area contributed by atoms with Crippen LogP contribution >= 0.6 is 0 Å². The first-order valence-corrected chi connectivity index (χ1v) is 8.24. The van der Waals surface area contributed by atoms with E-state index in [9.17, 15) is 9.18 Å². The molecular formula is C16H24FN5O. The summed E-state index contributed by atoms with van der Waals surface area (Å²) in [6.45, 7) is 2.12. The maximum Gasteiger partial charge on any atom is 0.234 e. The highest BCUT2D eigenvalue weighted by Gasteiger charge is 2.33. The van der Waals surface area contributed by atoms with Crippen molar-refractivity contribution >= 4 is 11.7 Å². The summed E-state index contributed by atoms with van der Waals surface area (Å²) in [7, 11) is 1.90. The Bertz CT molecular complexity index is 524. The maximum atomic E-state index is 13.9. The maximum absolute atomic E-state index is 13.9. The lowest BCUT2D eigenvalue weighted by atomic mass is 10.2. The fourth-order valence-electron chi connectivity index (χ4n) is 3.07. The zero-order valence-corrected chi connectivity index (χ0v) is 13.5. The van der Waals surface area contributed by atoms with Gasteiger partial charge in [0.15, 0.2) is 0 Å². The van der Waals surface area contributed by atoms with Gasteiger partial charge in [-0.2, -0.15) is 0 Å². The number of rotatable bonds is 7. The SMILES string of the molecule is CN(CC(=O)NCC1CC1)C[C@@H]1C[C@H](F)CN1c1ccncn1. The van der Waals surface area contributed by atoms with Crippen LogP contribution in [0.3, 0.4) is 0 Å². The van der Waals surface area contributed by atoms with Crippen LogP contribution in [-0.2, 0) is 4.79 Å². The quantitative estimate of drug-likeness (QED) is 0.807. The minimum atomic E-state index is -0.855. The number of halogens is 1. The van der Waals surface area contributed by atoms with Gasteiger partial charge in [0.2, 0.25) is 5.91 Å². The lowest BCUT2D eigenvalue weighted by Crippen LogP contribution is -2.43. The number of nitrogens with one attached hydrogen (secondary N) is 1. The molecule has 0 aromatic carbocycles. The van der Waals surface area contributed by atoms with E-state index < -0.39 is 6.17 Å². The summed E-state index contributed by atoms with van der Waals surface area (Å²) < 4.78 is 13.9. The van der Waals surface area contributed by atoms with Crippen molar-refractivity contribution in [1.82, 2.24) is 20.2 Å². The largest absolute Gasteiger partial charge is 0.355 e. The van der Waals surface area contributed by atoms with Gasteiger partial charge in [0, 0.05) is 31.7 Å². The van der Waals surface area contributed by atoms with Crippen molar-refractivity contribution in [3.05, 3.63) is 18.6 Å². The molecule has 1 aliphatic heterocycles. The third kappa shape index (κ3) is 4.60. The molecule has 126 valence electrons. The number of alkyl halides is 1. The average molecular weight is 321 g/mol. The smallest absolute Gasteiger partial charge is 0.234 e. The molecule has 2 aliphatic rings. The number of hydrogen-bond acceptors (Lipinski definition) is 5. The summed E-state index contributed by atoms with van der Waals surface area (Å²) in [6.07, 6.45) is 5.21. The van der Waals surface area contributed by atoms with Gasteiger partial charge < -0.3 is 10.2 Å². The minimum Gasteiger partial charge on any atom is -0.355 e. The molecule has 7 heteroatoms. The van der Waals surface area contributed by atoms with Crippen LogP contribution in [0.4, 0.5) is 10.2 Å². The van der Waals surface area contributed by atoms with Crippen LogP contribution in [0, 0.1) is 5.92 Å². The second kappa shape index (κ2) is 7.21. The second-order valence-corrected chi connectivity index (χ2v) is 6.65. The molecule has 1 aliphatic carbocycles. The number of carbonyl (C=O) groups excluding carboxylic acids is 1. The van der Waals surface area contributed by atoms with Gasteiger partial charge in [0.05, 0.1) is 13.1 Å². The Labute approximate surface area is 136 Å². The van der Waals surface area contributed by atoms with Crippen molar-refractivity contribution in [2.45, 2.75) is 31.5 Å². The molecular weight excluding hydrogens is 297 g/mol. The minimum absolute atomic E-state index is 0.0288. The summed E-state index contributed by atoms with van der Waals surface area (Å²) in [6, 6.07) is 1.83. The highest BCUT2D eigenvalue weighted by Crippen LogP contribution is 2.27. The zero-order valence-electron chi connectivity index (χ0n) is 13.5. The van der Waals surface area contributed by atoms with Gasteiger partial charge in [-0.05, 0) is 31.9 Å². The molecule has 2 heterocycles. The third-order valence-electron chi connectivity index (χ3n) is 4.44. The average Bonchev–Trinajstić information content (AvgIpc) is 3.29. The summed E-state index contributed by atoms with van der Waals surface area (Å²) in [5, 5.41) is 2.96. The van der Waals surface area contributed by atoms with E-state index >= 15 is 0 Å². The van der Waals surface area contributed by atoms with Gasteiger partial charge in [0.1, 0.15) is 18.3 Å². The van der Waals surface area contributed by atoms with Gasteiger partial charge in [-0.15, -0.1) is 0 Å². The van der Waals surface area contributed by atoms with Gasteiger partial charge in [-0.3, -0.25) is 9.69 Å². The van der Waals surface area contributed by atoms with Crippen LogP contribution < -0.4 is 10.2 Å². The number of nitrogens with zero attached hydrogens (tertiary/aromatic N) is 4. The molecule has 0 spiro atoms. The van der Waals surface area contributed by atoms with Crippen molar-refractivity contribution in [3.8, 4) is 0 Å². The normalized spacial score (nSPS) is 24.2. The molecule has 23 heavy (non-hydrogen) atoms. The second-order valence-electron chi connectivity index (χ2n) is 6.65. The number of aromatic nitrogens is 2. The highest BCUT2D eigenvalue weighted by atomic mass is 19.1. The van der Waals surface area contributed by atoms with Crippen LogP contribution in [0.15, 0.2) is 18.6 Å². The van der Waals surface area contributed by atoms with E-state index in [2.05, 4.69) is 15.3 Å². The molecule has 3 rings (SSSR count). The monoisotopic (exact) mass is 321 g/mol. The molecule has 6 nitrogen and oxygen atoms in total. The van der Waals surface area contributed by atoms with Gasteiger partial charge in [-0.25, -0.2) is 14.4 Å². The molecule has 0 unspecified atom stereocenters. The van der Waals surface area contributed by atoms with Gasteiger partial charge in [-0.1, -0.05) is 0 Å². The van der Waals surface area contributed by atoms with Crippen molar-refractivity contribution in [3.63, 3.8) is 0 Å². The fraction of sp³-hybridized carbons (Fsp3) is 0.688. The molecule has 2 atom stereocenters. The Hall–Kier alpha value is -1.76. The lowest BCUT2D eigenvalue weighted by molar-refractivity contribution is -0.122. The van der Waals surface area contributed by atoms with Crippen LogP contribution in [0.5, 0.6) is 0 Å². The molecule has 1 N–H and O–H groups in total. The Balaban J connectivity index is 1.51. The molecule has 0 radical (unpaired) electrons. The van der Waals surface area contributed by atoms with Crippen LogP contribution in [-0.4, -0.2) is 66.2 Å². The van der Waals surface area contributed by atoms with E-state index in [1.165, 1.54) is 19.2 Å². The van der Waals surface area contributed by atoms with Crippen molar-refractivity contribution in [1.29, 1.82) is 0 Å². The van der Waals surface area contributed by atoms with Crippen LogP contribution in [0.1, 0.15) is 19.3 Å². The zero-order chi connectivity index (χ0) is 16.2. The fourth-order valence-corrected chi connectivity index (χ4v) is 3.07. The first-order chi connectivity index (χ1) is 11.1. The standard InChI is InChI=1S/C16H24FN5O/c1-21(10-16(23)19-7-12-2-3-12)9-14-6-13(17)8-22(14)15-4-5-18-11-20-15/h4-5,11-14H,2-3,6-10H2,1H3,(H,19,23)/t13-,14-/m0/s1. The molecule has 0 bridgehead atoms. The van der Waals surface area contributed by atoms with E-state index in [1.54, 1.807) is 12.3 Å². The van der Waals surface area contributed by atoms with E-state index in [1.807, 2.05) is 16.8 Å². The highest BCUT2D eigenvalue weighted by molar-refractivity contribution is 5.78. The van der Waals surface area contributed by atoms with Crippen molar-refractivity contribution in [2.75, 3.05) is 38.1 Å². The van der Waals surface area contributed by atoms with E-state index in [-0.39, 0.29) is 11.9 Å². The number of hydrogen-bond donors (Lipinski definition) is 1. The Morgan fingerprint density at radius 3 is 3.04 bits per heavy atom. The lowest BCUT2D eigenvalue weighted by Gasteiger charge is -2.28. The summed E-state index contributed by atoms with van der Waals surface area (Å²) in [4.78, 5) is 24.0. The van der Waals surface area contributed by atoms with Crippen molar-refractivity contribution < 1.29 is 9.18 Å². The van der Waals surface area contributed by atoms with E-state index in [0.29, 0.717) is 32.0 Å². The molecule has 1 aromatic heterocycles. The van der Waals surface area contributed by atoms with Crippen LogP contribution in [0.2, 0.25) is 0 Å². The number of amides is 1. The topological polar surface area (TPSA) is 61.4 Å². The molecule has 1 saturated carbocycles. The van der Waals surface area contributed by atoms with Gasteiger partial charge >= 0.3 is 0 Å². The number of carbonyl (C=O) groups is 1. The Kier molecular flexibility index (Phi) is 5.05. The predicted molar refractivity (Wildman–Crippen MR) is 85.9 cm³/mol. The molecule has 1 aromatic rings.